The van der Waals surface area contributed by atoms with Gasteiger partial charge in [-0.3, -0.25) is 14.0 Å². The van der Waals surface area contributed by atoms with Gasteiger partial charge in [0, 0.05) is 29.1 Å². The minimum Gasteiger partial charge on any atom is -0.772 e. The fourth-order valence-corrected chi connectivity index (χ4v) is 3.61. The highest BCUT2D eigenvalue weighted by Crippen LogP contribution is 2.27. The van der Waals surface area contributed by atoms with E-state index in [2.05, 4.69) is 4.98 Å². The van der Waals surface area contributed by atoms with E-state index < -0.39 is 17.0 Å². The van der Waals surface area contributed by atoms with Crippen LogP contribution in [0, 0.1) is 13.8 Å². The molecule has 6 nitrogen and oxygen atoms in total. The van der Waals surface area contributed by atoms with Gasteiger partial charge in [0.1, 0.15) is 6.54 Å². The second-order valence-corrected chi connectivity index (χ2v) is 7.20. The summed E-state index contributed by atoms with van der Waals surface area (Å²) in [5.74, 6) is -0.898. The molecule has 3 rings (SSSR count). The first-order valence-corrected chi connectivity index (χ1v) is 9.40. The number of rotatable bonds is 6. The summed E-state index contributed by atoms with van der Waals surface area (Å²) >= 11 is -2.11. The molecule has 0 aliphatic carbocycles. The van der Waals surface area contributed by atoms with Gasteiger partial charge in [0.15, 0.2) is 0 Å². The molecule has 0 amide bonds. The number of benzene rings is 1. The fraction of sp³-hybridized carbons (Fsp3) is 0.263. The Morgan fingerprint density at radius 3 is 2.42 bits per heavy atom. The van der Waals surface area contributed by atoms with Crippen LogP contribution in [0.1, 0.15) is 28.1 Å². The van der Waals surface area contributed by atoms with E-state index in [1.807, 2.05) is 38.1 Å². The van der Waals surface area contributed by atoms with E-state index in [-0.39, 0.29) is 12.3 Å². The zero-order valence-electron chi connectivity index (χ0n) is 14.6. The molecule has 136 valence electrons. The van der Waals surface area contributed by atoms with Crippen LogP contribution in [0.15, 0.2) is 36.4 Å². The van der Waals surface area contributed by atoms with Gasteiger partial charge in [0.25, 0.3) is 0 Å². The van der Waals surface area contributed by atoms with Crippen molar-refractivity contribution < 1.29 is 18.7 Å². The number of aryl methyl sites for hydroxylation is 1. The Morgan fingerprint density at radius 2 is 1.81 bits per heavy atom. The summed E-state index contributed by atoms with van der Waals surface area (Å²) in [7, 11) is 0. The smallest absolute Gasteiger partial charge is 0.323 e. The molecule has 3 aromatic rings. The highest BCUT2D eigenvalue weighted by Gasteiger charge is 2.17. The summed E-state index contributed by atoms with van der Waals surface area (Å²) < 4.78 is 23.4. The maximum absolute atomic E-state index is 11.2. The summed E-state index contributed by atoms with van der Waals surface area (Å²) in [6, 6.07) is 11.2. The van der Waals surface area contributed by atoms with E-state index in [4.69, 9.17) is 0 Å². The Kier molecular flexibility index (Phi) is 5.20. The fourth-order valence-electron chi connectivity index (χ4n) is 3.15. The Bertz CT molecular complexity index is 993. The van der Waals surface area contributed by atoms with Crippen molar-refractivity contribution in [2.24, 2.45) is 0 Å². The van der Waals surface area contributed by atoms with Crippen molar-refractivity contribution in [1.82, 2.24) is 9.55 Å². The normalized spacial score (nSPS) is 12.4. The van der Waals surface area contributed by atoms with Gasteiger partial charge >= 0.3 is 5.97 Å². The van der Waals surface area contributed by atoms with Gasteiger partial charge < -0.3 is 14.2 Å². The summed E-state index contributed by atoms with van der Waals surface area (Å²) in [5, 5.41) is 9.22. The number of nitrogens with zero attached hydrogens (tertiary/aromatic N) is 2. The zero-order valence-corrected chi connectivity index (χ0v) is 15.4. The predicted molar refractivity (Wildman–Crippen MR) is 98.7 cm³/mol. The lowest BCUT2D eigenvalue weighted by atomic mass is 10.0. The molecule has 2 aromatic heterocycles. The van der Waals surface area contributed by atoms with E-state index in [0.717, 1.165) is 39.1 Å². The number of carboxylic acids is 1. The van der Waals surface area contributed by atoms with E-state index >= 15 is 0 Å². The Hall–Kier alpha value is -2.51. The van der Waals surface area contributed by atoms with Crippen LogP contribution in [-0.4, -0.2) is 29.4 Å². The topological polar surface area (TPSA) is 95.2 Å². The first kappa shape index (κ1) is 18.3. The molecule has 1 atom stereocenters. The Balaban J connectivity index is 2.01. The molecule has 0 aliphatic rings. The van der Waals surface area contributed by atoms with Gasteiger partial charge in [-0.05, 0) is 37.1 Å². The summed E-state index contributed by atoms with van der Waals surface area (Å²) in [6.45, 7) is 3.70. The lowest BCUT2D eigenvalue weighted by molar-refractivity contribution is -0.137. The molecule has 1 unspecified atom stereocenters. The van der Waals surface area contributed by atoms with Gasteiger partial charge in [-0.15, -0.1) is 0 Å². The van der Waals surface area contributed by atoms with Crippen molar-refractivity contribution in [2.75, 3.05) is 0 Å². The molecular formula is C19H19N2O4S-. The minimum absolute atomic E-state index is 0.00201. The van der Waals surface area contributed by atoms with E-state index in [1.54, 1.807) is 16.7 Å². The molecule has 0 bridgehead atoms. The average molecular weight is 371 g/mol. The van der Waals surface area contributed by atoms with Crippen molar-refractivity contribution in [2.45, 2.75) is 32.6 Å². The summed E-state index contributed by atoms with van der Waals surface area (Å²) in [6.07, 6.45) is 0.603. The van der Waals surface area contributed by atoms with Crippen LogP contribution in [0.25, 0.3) is 11.0 Å². The molecule has 0 radical (unpaired) electrons. The average Bonchev–Trinajstić information content (AvgIpc) is 2.81. The van der Waals surface area contributed by atoms with Crippen molar-refractivity contribution in [3.63, 3.8) is 0 Å². The third-order valence-corrected chi connectivity index (χ3v) is 4.98. The molecule has 0 aliphatic heterocycles. The number of fused-ring (bicyclic) bond motifs is 1. The molecule has 0 saturated heterocycles. The Labute approximate surface area is 153 Å². The maximum atomic E-state index is 11.2. The van der Waals surface area contributed by atoms with E-state index in [0.29, 0.717) is 6.42 Å². The molecule has 7 heteroatoms. The van der Waals surface area contributed by atoms with Crippen LogP contribution in [-0.2, 0) is 34.6 Å². The van der Waals surface area contributed by atoms with Crippen LogP contribution in [0.2, 0.25) is 0 Å². The standard InChI is InChI=1S/C19H20N2O4S/c1-12-3-8-17-19(20-12)16(13(2)21(17)10-18(22)23)9-14-4-6-15(7-5-14)11-26(24)25/h3-8H,9-11H2,1-2H3,(H,22,23)(H,24,25)/p-1. The van der Waals surface area contributed by atoms with E-state index in [9.17, 15) is 18.7 Å². The highest BCUT2D eigenvalue weighted by molar-refractivity contribution is 7.78. The Morgan fingerprint density at radius 1 is 1.15 bits per heavy atom. The van der Waals surface area contributed by atoms with Crippen LogP contribution in [0.3, 0.4) is 0 Å². The number of hydrogen-bond acceptors (Lipinski definition) is 4. The summed E-state index contributed by atoms with van der Waals surface area (Å²) in [4.78, 5) is 15.9. The molecule has 0 fully saturated rings. The molecule has 1 aromatic carbocycles. The van der Waals surface area contributed by atoms with Crippen molar-refractivity contribution in [1.29, 1.82) is 0 Å². The number of aliphatic carboxylic acids is 1. The SMILES string of the molecule is Cc1ccc2c(n1)c(Cc1ccc(CS(=O)[O-])cc1)c(C)n2CC(=O)O. The van der Waals surface area contributed by atoms with Crippen LogP contribution < -0.4 is 0 Å². The maximum Gasteiger partial charge on any atom is 0.323 e. The third-order valence-electron chi connectivity index (χ3n) is 4.41. The van der Waals surface area contributed by atoms with Gasteiger partial charge in [-0.1, -0.05) is 35.3 Å². The number of carbonyl (C=O) groups is 1. The quantitative estimate of drug-likeness (QED) is 0.672. The number of carboxylic acid groups (broad SMARTS) is 1. The molecular weight excluding hydrogens is 352 g/mol. The summed E-state index contributed by atoms with van der Waals surface area (Å²) in [5.41, 5.74) is 6.12. The van der Waals surface area contributed by atoms with Gasteiger partial charge in [-0.2, -0.15) is 0 Å². The van der Waals surface area contributed by atoms with Crippen molar-refractivity contribution in [3.8, 4) is 0 Å². The van der Waals surface area contributed by atoms with Crippen LogP contribution in [0.4, 0.5) is 0 Å². The molecule has 26 heavy (non-hydrogen) atoms. The molecule has 2 heterocycles. The first-order chi connectivity index (χ1) is 12.3. The third kappa shape index (κ3) is 3.84. The van der Waals surface area contributed by atoms with Crippen molar-refractivity contribution in [3.05, 3.63) is 64.5 Å². The monoisotopic (exact) mass is 371 g/mol. The number of hydrogen-bond donors (Lipinski definition) is 1. The first-order valence-electron chi connectivity index (χ1n) is 8.16. The molecule has 0 saturated carbocycles. The van der Waals surface area contributed by atoms with Gasteiger partial charge in [0.2, 0.25) is 0 Å². The number of pyridine rings is 1. The van der Waals surface area contributed by atoms with Crippen molar-refractivity contribution >= 4 is 28.1 Å². The van der Waals surface area contributed by atoms with Gasteiger partial charge in [0.05, 0.1) is 11.0 Å². The van der Waals surface area contributed by atoms with Crippen LogP contribution in [0.5, 0.6) is 0 Å². The lowest BCUT2D eigenvalue weighted by Crippen LogP contribution is -2.10. The second kappa shape index (κ2) is 7.39. The minimum atomic E-state index is -2.11. The molecule has 1 N–H and O–H groups in total. The van der Waals surface area contributed by atoms with E-state index in [1.165, 1.54) is 0 Å². The van der Waals surface area contributed by atoms with Gasteiger partial charge in [-0.25, -0.2) is 0 Å². The zero-order chi connectivity index (χ0) is 18.8. The largest absolute Gasteiger partial charge is 0.772 e. The lowest BCUT2D eigenvalue weighted by Gasteiger charge is -2.07. The second-order valence-electron chi connectivity index (χ2n) is 6.31. The highest BCUT2D eigenvalue weighted by atomic mass is 32.2. The molecule has 0 spiro atoms. The number of aromatic nitrogens is 2. The predicted octanol–water partition coefficient (Wildman–Crippen LogP) is 2.71. The van der Waals surface area contributed by atoms with Crippen LogP contribution >= 0.6 is 0 Å².